The van der Waals surface area contributed by atoms with E-state index in [-0.39, 0.29) is 12.4 Å². The van der Waals surface area contributed by atoms with Gasteiger partial charge < -0.3 is 16.9 Å². The van der Waals surface area contributed by atoms with Crippen LogP contribution in [0.15, 0.2) is 12.2 Å². The van der Waals surface area contributed by atoms with Gasteiger partial charge in [0.25, 0.3) is 0 Å². The molecule has 0 spiro atoms. The van der Waals surface area contributed by atoms with Crippen LogP contribution >= 0.6 is 0 Å². The average molecular weight is 148 g/mol. The van der Waals surface area contributed by atoms with Crippen molar-refractivity contribution in [2.24, 2.45) is 0 Å². The van der Waals surface area contributed by atoms with Crippen LogP contribution in [-0.2, 0) is 0 Å². The first-order valence-corrected chi connectivity index (χ1v) is 3.08. The summed E-state index contributed by atoms with van der Waals surface area (Å²) in [6, 6.07) is 0.787. The zero-order chi connectivity index (χ0) is 6.20. The summed E-state index contributed by atoms with van der Waals surface area (Å²) in [5.41, 5.74) is 0. The number of hydrogen-bond donors (Lipinski definition) is 0. The fourth-order valence-corrected chi connectivity index (χ4v) is 0.832. The molecule has 0 radical (unpaired) electrons. The van der Waals surface area contributed by atoms with Gasteiger partial charge in [-0.25, -0.2) is 0 Å². The summed E-state index contributed by atoms with van der Waals surface area (Å²) in [5.74, 6) is 0. The summed E-state index contributed by atoms with van der Waals surface area (Å²) in [5, 5.41) is 0. The van der Waals surface area contributed by atoms with Crippen LogP contribution < -0.4 is 12.4 Å². The monoisotopic (exact) mass is 147 g/mol. The van der Waals surface area contributed by atoms with Crippen LogP contribution in [0.3, 0.4) is 0 Å². The number of halogens is 1. The quantitative estimate of drug-likeness (QED) is 0.298. The topological polar surface area (TPSA) is 0 Å². The lowest BCUT2D eigenvalue weighted by molar-refractivity contribution is -0.890. The van der Waals surface area contributed by atoms with Gasteiger partial charge in [-0.15, -0.1) is 0 Å². The molecule has 0 N–H and O–H groups in total. The first-order valence-electron chi connectivity index (χ1n) is 3.08. The van der Waals surface area contributed by atoms with E-state index in [0.29, 0.717) is 0 Å². The van der Waals surface area contributed by atoms with Crippen LogP contribution in [0.1, 0.15) is 6.42 Å². The van der Waals surface area contributed by atoms with E-state index >= 15 is 0 Å². The lowest BCUT2D eigenvalue weighted by Crippen LogP contribution is -3.00. The molecule has 1 rings (SSSR count). The van der Waals surface area contributed by atoms with Crippen molar-refractivity contribution in [1.82, 2.24) is 0 Å². The van der Waals surface area contributed by atoms with Gasteiger partial charge in [0.05, 0.1) is 21.1 Å². The van der Waals surface area contributed by atoms with Crippen LogP contribution in [-0.4, -0.2) is 31.7 Å². The van der Waals surface area contributed by atoms with Crippen LogP contribution in [0, 0.1) is 0 Å². The van der Waals surface area contributed by atoms with Gasteiger partial charge >= 0.3 is 0 Å². The van der Waals surface area contributed by atoms with Crippen LogP contribution in [0.25, 0.3) is 0 Å². The Bertz CT molecular complexity index is 113. The van der Waals surface area contributed by atoms with E-state index in [2.05, 4.69) is 33.3 Å². The highest BCUT2D eigenvalue weighted by molar-refractivity contribution is 5.03. The molecule has 0 heterocycles. The number of hydrogen-bond acceptors (Lipinski definition) is 0. The van der Waals surface area contributed by atoms with Crippen molar-refractivity contribution in [1.29, 1.82) is 0 Å². The van der Waals surface area contributed by atoms with Crippen LogP contribution in [0.2, 0.25) is 0 Å². The molecular weight excluding hydrogens is 134 g/mol. The molecule has 0 bridgehead atoms. The highest BCUT2D eigenvalue weighted by atomic mass is 35.5. The molecule has 0 aliphatic heterocycles. The molecule has 0 fully saturated rings. The van der Waals surface area contributed by atoms with E-state index in [1.54, 1.807) is 0 Å². The second kappa shape index (κ2) is 2.72. The first-order chi connectivity index (χ1) is 3.61. The third kappa shape index (κ3) is 1.99. The molecule has 1 nitrogen and oxygen atoms in total. The molecule has 0 amide bonds. The summed E-state index contributed by atoms with van der Waals surface area (Å²) in [6.07, 6.45) is 5.78. The predicted octanol–water partition coefficient (Wildman–Crippen LogP) is -1.97. The van der Waals surface area contributed by atoms with Gasteiger partial charge in [0.15, 0.2) is 0 Å². The Labute approximate surface area is 63.4 Å². The fraction of sp³-hybridized carbons (Fsp3) is 0.714. The molecule has 0 saturated carbocycles. The molecule has 0 saturated heterocycles. The maximum Gasteiger partial charge on any atom is 0.110 e. The minimum atomic E-state index is 0. The van der Waals surface area contributed by atoms with E-state index < -0.39 is 0 Å². The third-order valence-electron chi connectivity index (χ3n) is 1.73. The number of rotatable bonds is 1. The highest BCUT2D eigenvalue weighted by Crippen LogP contribution is 2.17. The summed E-state index contributed by atoms with van der Waals surface area (Å²) in [7, 11) is 6.69. The standard InChI is InChI=1S/C7H14N.ClH/c1-8(2,3)7-5-4-6-7;/h4-5,7H,6H2,1-3H3;1H/q+1;/p-1. The molecule has 0 aromatic carbocycles. The number of nitrogens with zero attached hydrogens (tertiary/aromatic N) is 1. The van der Waals surface area contributed by atoms with E-state index in [1.165, 1.54) is 6.42 Å². The lowest BCUT2D eigenvalue weighted by Gasteiger charge is -2.35. The summed E-state index contributed by atoms with van der Waals surface area (Å²) in [4.78, 5) is 0. The van der Waals surface area contributed by atoms with E-state index in [9.17, 15) is 0 Å². The van der Waals surface area contributed by atoms with E-state index in [4.69, 9.17) is 0 Å². The molecule has 2 heteroatoms. The Hall–Kier alpha value is -0.0100. The minimum absolute atomic E-state index is 0. The normalized spacial score (nSPS) is 24.6. The zero-order valence-corrected chi connectivity index (χ0v) is 7.02. The fourth-order valence-electron chi connectivity index (χ4n) is 0.832. The molecule has 1 atom stereocenters. The Kier molecular flexibility index (Phi) is 2.71. The Balaban J connectivity index is 0.000000640. The van der Waals surface area contributed by atoms with Crippen molar-refractivity contribution in [2.75, 3.05) is 21.1 Å². The Morgan fingerprint density at radius 3 is 1.78 bits per heavy atom. The number of quaternary nitrogens is 1. The van der Waals surface area contributed by atoms with Crippen LogP contribution in [0.5, 0.6) is 0 Å². The van der Waals surface area contributed by atoms with Crippen molar-refractivity contribution >= 4 is 0 Å². The summed E-state index contributed by atoms with van der Waals surface area (Å²) < 4.78 is 1.08. The number of likely N-dealkylation sites (N-methyl/N-ethyl adjacent to an activating group) is 1. The SMILES string of the molecule is C[N+](C)(C)C1C=CC1.[Cl-]. The zero-order valence-electron chi connectivity index (χ0n) is 6.26. The molecule has 9 heavy (non-hydrogen) atoms. The lowest BCUT2D eigenvalue weighted by atomic mass is 10.0. The first kappa shape index (κ1) is 8.99. The third-order valence-corrected chi connectivity index (χ3v) is 1.73. The van der Waals surface area contributed by atoms with Gasteiger partial charge in [0, 0.05) is 6.42 Å². The second-order valence-electron chi connectivity index (χ2n) is 3.35. The largest absolute Gasteiger partial charge is 1.00 e. The van der Waals surface area contributed by atoms with Crippen molar-refractivity contribution < 1.29 is 16.9 Å². The molecule has 1 aliphatic rings. The van der Waals surface area contributed by atoms with Gasteiger partial charge in [-0.05, 0) is 6.08 Å². The molecule has 0 aromatic rings. The summed E-state index contributed by atoms with van der Waals surface area (Å²) in [6.45, 7) is 0. The minimum Gasteiger partial charge on any atom is -1.00 e. The average Bonchev–Trinajstić information content (AvgIpc) is 1.16. The van der Waals surface area contributed by atoms with Gasteiger partial charge in [-0.2, -0.15) is 0 Å². The van der Waals surface area contributed by atoms with Gasteiger partial charge in [-0.1, -0.05) is 6.08 Å². The molecule has 0 aromatic heterocycles. The maximum atomic E-state index is 2.28. The molecule has 54 valence electrons. The van der Waals surface area contributed by atoms with Gasteiger partial charge in [-0.3, -0.25) is 0 Å². The van der Waals surface area contributed by atoms with Gasteiger partial charge in [0.2, 0.25) is 0 Å². The van der Waals surface area contributed by atoms with Crippen molar-refractivity contribution in [3.05, 3.63) is 12.2 Å². The Morgan fingerprint density at radius 1 is 1.33 bits per heavy atom. The predicted molar refractivity (Wildman–Crippen MR) is 35.6 cm³/mol. The van der Waals surface area contributed by atoms with Crippen LogP contribution in [0.4, 0.5) is 0 Å². The Morgan fingerprint density at radius 2 is 1.78 bits per heavy atom. The van der Waals surface area contributed by atoms with E-state index in [0.717, 1.165) is 10.5 Å². The smallest absolute Gasteiger partial charge is 0.110 e. The van der Waals surface area contributed by atoms with Crippen molar-refractivity contribution in [3.8, 4) is 0 Å². The van der Waals surface area contributed by atoms with Crippen molar-refractivity contribution in [2.45, 2.75) is 12.5 Å². The highest BCUT2D eigenvalue weighted by Gasteiger charge is 2.23. The second-order valence-corrected chi connectivity index (χ2v) is 3.35. The molecule has 1 aliphatic carbocycles. The maximum absolute atomic E-state index is 2.28. The van der Waals surface area contributed by atoms with E-state index in [1.807, 2.05) is 0 Å². The van der Waals surface area contributed by atoms with Crippen molar-refractivity contribution in [3.63, 3.8) is 0 Å². The molecular formula is C7H14ClN. The summed E-state index contributed by atoms with van der Waals surface area (Å²) >= 11 is 0. The van der Waals surface area contributed by atoms with Gasteiger partial charge in [0.1, 0.15) is 6.04 Å². The molecule has 1 unspecified atom stereocenters.